The minimum Gasteiger partial charge on any atom is -0.478 e. The molecule has 0 unspecified atom stereocenters. The van der Waals surface area contributed by atoms with E-state index in [1.54, 1.807) is 18.2 Å². The Morgan fingerprint density at radius 3 is 2.44 bits per heavy atom. The van der Waals surface area contributed by atoms with Crippen LogP contribution in [0.15, 0.2) is 77.7 Å². The zero-order chi connectivity index (χ0) is 27.6. The lowest BCUT2D eigenvalue weighted by Gasteiger charge is -2.29. The molecule has 10 heteroatoms. The van der Waals surface area contributed by atoms with Crippen LogP contribution in [0.1, 0.15) is 54.6 Å². The summed E-state index contributed by atoms with van der Waals surface area (Å²) in [6.07, 6.45) is 2.37. The number of aromatic nitrogens is 2. The van der Waals surface area contributed by atoms with Crippen LogP contribution in [-0.2, 0) is 14.8 Å². The Balaban J connectivity index is 1.22. The fraction of sp³-hybridized carbons (Fsp3) is 0.276. The van der Waals surface area contributed by atoms with Crippen molar-refractivity contribution in [2.45, 2.75) is 49.6 Å². The summed E-state index contributed by atoms with van der Waals surface area (Å²) in [5, 5.41) is 12.3. The Bertz CT molecular complexity index is 1610. The molecule has 9 nitrogen and oxygen atoms in total. The molecule has 4 N–H and O–H groups in total. The Morgan fingerprint density at radius 2 is 1.72 bits per heavy atom. The first kappa shape index (κ1) is 26.6. The van der Waals surface area contributed by atoms with E-state index >= 15 is 0 Å². The highest BCUT2D eigenvalue weighted by Crippen LogP contribution is 2.28. The number of carboxylic acid groups (broad SMARTS) is 1. The summed E-state index contributed by atoms with van der Waals surface area (Å²) >= 11 is 0. The zero-order valence-electron chi connectivity index (χ0n) is 21.4. The number of amides is 1. The minimum atomic E-state index is -3.80. The van der Waals surface area contributed by atoms with E-state index in [1.165, 1.54) is 24.3 Å². The van der Waals surface area contributed by atoms with Gasteiger partial charge in [-0.25, -0.2) is 22.9 Å². The third kappa shape index (κ3) is 6.02. The molecule has 5 rings (SSSR count). The van der Waals surface area contributed by atoms with Gasteiger partial charge in [0, 0.05) is 17.5 Å². The summed E-state index contributed by atoms with van der Waals surface area (Å²) < 4.78 is 29.1. The number of rotatable bonds is 8. The maximum atomic E-state index is 13.2. The third-order valence-corrected chi connectivity index (χ3v) is 8.74. The number of H-pyrrole nitrogens is 1. The second-order valence-corrected chi connectivity index (χ2v) is 11.7. The lowest BCUT2D eigenvalue weighted by molar-refractivity contribution is -0.126. The summed E-state index contributed by atoms with van der Waals surface area (Å²) in [4.78, 5) is 31.8. The molecule has 0 spiro atoms. The van der Waals surface area contributed by atoms with Crippen LogP contribution in [0.4, 0.5) is 0 Å². The topological polar surface area (TPSA) is 141 Å². The van der Waals surface area contributed by atoms with Crippen LogP contribution in [0.25, 0.3) is 22.4 Å². The maximum absolute atomic E-state index is 13.2. The molecule has 3 aromatic carbocycles. The lowest BCUT2D eigenvalue weighted by atomic mass is 9.85. The monoisotopic (exact) mass is 546 g/mol. The predicted octanol–water partition coefficient (Wildman–Crippen LogP) is 4.64. The number of carbonyl (C=O) groups excluding carboxylic acids is 1. The molecule has 1 heterocycles. The summed E-state index contributed by atoms with van der Waals surface area (Å²) in [5.74, 6) is -0.727. The van der Waals surface area contributed by atoms with Crippen LogP contribution in [0, 0.1) is 5.92 Å². The molecule has 1 aliphatic rings. The summed E-state index contributed by atoms with van der Waals surface area (Å²) in [6.45, 7) is 1.96. The van der Waals surface area contributed by atoms with Crippen LogP contribution < -0.4 is 10.0 Å². The van der Waals surface area contributed by atoms with Crippen molar-refractivity contribution in [2.24, 2.45) is 5.92 Å². The molecule has 1 aliphatic carbocycles. The van der Waals surface area contributed by atoms with E-state index in [1.807, 2.05) is 37.3 Å². The number of benzene rings is 3. The van der Waals surface area contributed by atoms with Gasteiger partial charge in [-0.1, -0.05) is 42.5 Å². The summed E-state index contributed by atoms with van der Waals surface area (Å²) in [6, 6.07) is 20.5. The number of fused-ring (bicyclic) bond motifs is 1. The Labute approximate surface area is 226 Å². The van der Waals surface area contributed by atoms with Crippen LogP contribution in [0.2, 0.25) is 0 Å². The predicted molar refractivity (Wildman–Crippen MR) is 148 cm³/mol. The highest BCUT2D eigenvalue weighted by atomic mass is 32.2. The van der Waals surface area contributed by atoms with Crippen molar-refractivity contribution in [3.8, 4) is 11.4 Å². The molecular weight excluding hydrogens is 516 g/mol. The Hall–Kier alpha value is -4.02. The molecule has 1 atom stereocenters. The highest BCUT2D eigenvalue weighted by Gasteiger charge is 2.30. The second kappa shape index (κ2) is 11.0. The molecule has 0 radical (unpaired) electrons. The average molecular weight is 547 g/mol. The maximum Gasteiger partial charge on any atom is 0.335 e. The quantitative estimate of drug-likeness (QED) is 0.254. The molecule has 39 heavy (non-hydrogen) atoms. The number of imidazole rings is 1. The first-order valence-electron chi connectivity index (χ1n) is 12.9. The van der Waals surface area contributed by atoms with Crippen molar-refractivity contribution < 1.29 is 23.1 Å². The van der Waals surface area contributed by atoms with Gasteiger partial charge in [0.2, 0.25) is 15.9 Å². The molecular formula is C29H30N4O5S. The number of aromatic carboxylic acids is 1. The molecule has 1 saturated carbocycles. The largest absolute Gasteiger partial charge is 0.478 e. The van der Waals surface area contributed by atoms with Gasteiger partial charge in [0.05, 0.1) is 27.5 Å². The van der Waals surface area contributed by atoms with Crippen LogP contribution >= 0.6 is 0 Å². The van der Waals surface area contributed by atoms with Crippen molar-refractivity contribution in [2.75, 3.05) is 0 Å². The van der Waals surface area contributed by atoms with Crippen molar-refractivity contribution in [3.05, 3.63) is 83.9 Å². The van der Waals surface area contributed by atoms with Gasteiger partial charge in [-0.05, 0) is 68.5 Å². The molecule has 0 aliphatic heterocycles. The van der Waals surface area contributed by atoms with Gasteiger partial charge in [-0.3, -0.25) is 4.79 Å². The number of sulfonamides is 1. The van der Waals surface area contributed by atoms with E-state index in [0.717, 1.165) is 5.56 Å². The van der Waals surface area contributed by atoms with Crippen molar-refractivity contribution in [1.82, 2.24) is 20.0 Å². The van der Waals surface area contributed by atoms with Crippen LogP contribution in [0.3, 0.4) is 0 Å². The smallest absolute Gasteiger partial charge is 0.335 e. The summed E-state index contributed by atoms with van der Waals surface area (Å²) in [7, 11) is -3.80. The second-order valence-electron chi connectivity index (χ2n) is 9.96. The van der Waals surface area contributed by atoms with Gasteiger partial charge in [0.15, 0.2) is 0 Å². The van der Waals surface area contributed by atoms with E-state index in [0.29, 0.717) is 48.1 Å². The van der Waals surface area contributed by atoms with E-state index < -0.39 is 16.0 Å². The van der Waals surface area contributed by atoms with Gasteiger partial charge in [0.25, 0.3) is 0 Å². The number of hydrogen-bond donors (Lipinski definition) is 4. The average Bonchev–Trinajstić information content (AvgIpc) is 3.37. The normalized spacial score (nSPS) is 18.5. The van der Waals surface area contributed by atoms with Gasteiger partial charge in [0.1, 0.15) is 5.82 Å². The first-order chi connectivity index (χ1) is 18.7. The molecule has 1 fully saturated rings. The lowest BCUT2D eigenvalue weighted by Crippen LogP contribution is -2.41. The first-order valence-corrected chi connectivity index (χ1v) is 14.4. The molecule has 4 aromatic rings. The molecule has 0 saturated heterocycles. The van der Waals surface area contributed by atoms with Gasteiger partial charge >= 0.3 is 5.97 Å². The minimum absolute atomic E-state index is 0.00124. The highest BCUT2D eigenvalue weighted by molar-refractivity contribution is 7.89. The van der Waals surface area contributed by atoms with Crippen molar-refractivity contribution >= 4 is 32.9 Å². The van der Waals surface area contributed by atoms with E-state index in [2.05, 4.69) is 20.0 Å². The zero-order valence-corrected chi connectivity index (χ0v) is 22.2. The molecule has 202 valence electrons. The van der Waals surface area contributed by atoms with Crippen molar-refractivity contribution in [1.29, 1.82) is 0 Å². The third-order valence-electron chi connectivity index (χ3n) is 7.23. The SMILES string of the molecule is C[C@@H](NC(=O)C1CCC(NS(=O)(=O)c2ccc3[nH]c(-c4cccc(C(=O)O)c4)nc3c2)CC1)c1ccccc1. The molecule has 1 amide bonds. The van der Waals surface area contributed by atoms with E-state index in [4.69, 9.17) is 0 Å². The standard InChI is InChI=1S/C29H30N4O5S/c1-18(19-6-3-2-4-7-19)30-28(34)20-10-12-23(13-11-20)33-39(37,38)24-14-15-25-26(17-24)32-27(31-25)21-8-5-9-22(16-21)29(35)36/h2-9,14-18,20,23,33H,10-13H2,1H3,(H,30,34)(H,31,32)(H,35,36)/t18-,20?,23?/m1/s1. The number of nitrogens with one attached hydrogen (secondary N) is 3. The van der Waals surface area contributed by atoms with Crippen molar-refractivity contribution in [3.63, 3.8) is 0 Å². The Kier molecular flexibility index (Phi) is 7.49. The van der Waals surface area contributed by atoms with Crippen LogP contribution in [-0.4, -0.2) is 41.4 Å². The summed E-state index contributed by atoms with van der Waals surface area (Å²) in [5.41, 5.74) is 2.87. The number of nitrogens with zero attached hydrogens (tertiary/aromatic N) is 1. The fourth-order valence-corrected chi connectivity index (χ4v) is 6.33. The molecule has 1 aromatic heterocycles. The van der Waals surface area contributed by atoms with Gasteiger partial charge in [-0.15, -0.1) is 0 Å². The van der Waals surface area contributed by atoms with E-state index in [-0.39, 0.29) is 34.4 Å². The van der Waals surface area contributed by atoms with Gasteiger partial charge in [-0.2, -0.15) is 0 Å². The number of hydrogen-bond acceptors (Lipinski definition) is 5. The fourth-order valence-electron chi connectivity index (χ4n) is 5.01. The van der Waals surface area contributed by atoms with Gasteiger partial charge < -0.3 is 15.4 Å². The molecule has 0 bridgehead atoms. The Morgan fingerprint density at radius 1 is 0.974 bits per heavy atom. The van der Waals surface area contributed by atoms with Crippen LogP contribution in [0.5, 0.6) is 0 Å². The number of carboxylic acids is 1. The number of aromatic amines is 1. The van der Waals surface area contributed by atoms with E-state index in [9.17, 15) is 23.1 Å². The number of carbonyl (C=O) groups is 2.